The molecule has 0 bridgehead atoms. The van der Waals surface area contributed by atoms with Crippen LogP contribution in [-0.4, -0.2) is 67.4 Å². The molecule has 1 aromatic rings. The molecule has 1 aliphatic heterocycles. The van der Waals surface area contributed by atoms with E-state index in [2.05, 4.69) is 16.0 Å². The fourth-order valence-corrected chi connectivity index (χ4v) is 3.08. The molecule has 1 heterocycles. The van der Waals surface area contributed by atoms with E-state index >= 15 is 0 Å². The maximum atomic E-state index is 12.5. The van der Waals surface area contributed by atoms with Gasteiger partial charge in [-0.3, -0.25) is 24.1 Å². The number of amides is 3. The standard InChI is InChI=1S/C22H32N4O5/c1-4-9-23-21(29)16-5-7-17(8-6-16)25-19(27)13-26-11-10-24-22(30)18(26)12-20(28)31-14-15(2)3/h5-8,15,18H,4,9-14H2,1-3H3,(H,23,29)(H,24,30)(H,25,27). The van der Waals surface area contributed by atoms with Crippen molar-refractivity contribution in [3.63, 3.8) is 0 Å². The van der Waals surface area contributed by atoms with Crippen LogP contribution in [0.3, 0.4) is 0 Å². The summed E-state index contributed by atoms with van der Waals surface area (Å²) >= 11 is 0. The molecule has 1 saturated heterocycles. The molecule has 0 aliphatic carbocycles. The van der Waals surface area contributed by atoms with Gasteiger partial charge in [0.25, 0.3) is 5.91 Å². The molecule has 31 heavy (non-hydrogen) atoms. The second-order valence-electron chi connectivity index (χ2n) is 7.94. The molecule has 9 heteroatoms. The largest absolute Gasteiger partial charge is 0.465 e. The van der Waals surface area contributed by atoms with Gasteiger partial charge in [-0.1, -0.05) is 20.8 Å². The second-order valence-corrected chi connectivity index (χ2v) is 7.94. The van der Waals surface area contributed by atoms with Gasteiger partial charge in [-0.15, -0.1) is 0 Å². The number of piperazine rings is 1. The molecular formula is C22H32N4O5. The van der Waals surface area contributed by atoms with Gasteiger partial charge in [0, 0.05) is 30.9 Å². The molecule has 3 N–H and O–H groups in total. The topological polar surface area (TPSA) is 117 Å². The Labute approximate surface area is 182 Å². The molecule has 0 radical (unpaired) electrons. The Morgan fingerprint density at radius 1 is 1.23 bits per heavy atom. The number of benzene rings is 1. The van der Waals surface area contributed by atoms with Crippen LogP contribution in [0.1, 0.15) is 44.0 Å². The number of esters is 1. The van der Waals surface area contributed by atoms with Gasteiger partial charge >= 0.3 is 5.97 Å². The first-order chi connectivity index (χ1) is 14.8. The number of hydrogen-bond acceptors (Lipinski definition) is 6. The number of nitrogens with zero attached hydrogens (tertiary/aromatic N) is 1. The molecule has 9 nitrogen and oxygen atoms in total. The van der Waals surface area contributed by atoms with E-state index in [1.54, 1.807) is 29.2 Å². The van der Waals surface area contributed by atoms with Gasteiger partial charge in [-0.2, -0.15) is 0 Å². The van der Waals surface area contributed by atoms with E-state index in [9.17, 15) is 19.2 Å². The lowest BCUT2D eigenvalue weighted by atomic mass is 10.1. The van der Waals surface area contributed by atoms with Crippen LogP contribution in [0, 0.1) is 5.92 Å². The van der Waals surface area contributed by atoms with E-state index in [1.807, 2.05) is 20.8 Å². The van der Waals surface area contributed by atoms with Gasteiger partial charge in [0.2, 0.25) is 11.8 Å². The van der Waals surface area contributed by atoms with Gasteiger partial charge < -0.3 is 20.7 Å². The fourth-order valence-electron chi connectivity index (χ4n) is 3.08. The van der Waals surface area contributed by atoms with E-state index < -0.39 is 12.0 Å². The average Bonchev–Trinajstić information content (AvgIpc) is 2.73. The van der Waals surface area contributed by atoms with Crippen LogP contribution in [-0.2, 0) is 19.1 Å². The summed E-state index contributed by atoms with van der Waals surface area (Å²) < 4.78 is 5.18. The Balaban J connectivity index is 1.92. The highest BCUT2D eigenvalue weighted by Crippen LogP contribution is 2.13. The van der Waals surface area contributed by atoms with Crippen LogP contribution in [0.5, 0.6) is 0 Å². The summed E-state index contributed by atoms with van der Waals surface area (Å²) in [7, 11) is 0. The zero-order chi connectivity index (χ0) is 22.8. The number of hydrogen-bond donors (Lipinski definition) is 3. The van der Waals surface area contributed by atoms with Crippen molar-refractivity contribution in [3.05, 3.63) is 29.8 Å². The third-order valence-corrected chi connectivity index (χ3v) is 4.69. The number of nitrogens with one attached hydrogen (secondary N) is 3. The van der Waals surface area contributed by atoms with Crippen LogP contribution in [0.4, 0.5) is 5.69 Å². The lowest BCUT2D eigenvalue weighted by Gasteiger charge is -2.33. The van der Waals surface area contributed by atoms with Crippen molar-refractivity contribution in [1.82, 2.24) is 15.5 Å². The molecule has 0 aromatic heterocycles. The van der Waals surface area contributed by atoms with Gasteiger partial charge in [0.05, 0.1) is 19.6 Å². The number of anilines is 1. The molecule has 1 fully saturated rings. The van der Waals surface area contributed by atoms with Crippen molar-refractivity contribution < 1.29 is 23.9 Å². The predicted molar refractivity (Wildman–Crippen MR) is 116 cm³/mol. The number of carbonyl (C=O) groups excluding carboxylic acids is 4. The van der Waals surface area contributed by atoms with Gasteiger partial charge in [-0.05, 0) is 36.6 Å². The Hall–Kier alpha value is -2.94. The number of ether oxygens (including phenoxy) is 1. The van der Waals surface area contributed by atoms with Gasteiger partial charge in [-0.25, -0.2) is 0 Å². The van der Waals surface area contributed by atoms with Gasteiger partial charge in [0.1, 0.15) is 6.04 Å². The molecule has 1 aromatic carbocycles. The van der Waals surface area contributed by atoms with Crippen molar-refractivity contribution in [2.75, 3.05) is 38.1 Å². The van der Waals surface area contributed by atoms with E-state index in [0.717, 1.165) is 6.42 Å². The van der Waals surface area contributed by atoms with E-state index in [4.69, 9.17) is 4.74 Å². The summed E-state index contributed by atoms with van der Waals surface area (Å²) in [4.78, 5) is 50.5. The Bertz CT molecular complexity index is 779. The van der Waals surface area contributed by atoms with Crippen LogP contribution in [0.25, 0.3) is 0 Å². The highest BCUT2D eigenvalue weighted by Gasteiger charge is 2.33. The highest BCUT2D eigenvalue weighted by atomic mass is 16.5. The van der Waals surface area contributed by atoms with Crippen LogP contribution in [0.15, 0.2) is 24.3 Å². The van der Waals surface area contributed by atoms with Crippen molar-refractivity contribution in [3.8, 4) is 0 Å². The third kappa shape index (κ3) is 8.01. The van der Waals surface area contributed by atoms with Gasteiger partial charge in [0.15, 0.2) is 0 Å². The predicted octanol–water partition coefficient (Wildman–Crippen LogP) is 1.15. The highest BCUT2D eigenvalue weighted by molar-refractivity contribution is 5.96. The van der Waals surface area contributed by atoms with Crippen LogP contribution < -0.4 is 16.0 Å². The third-order valence-electron chi connectivity index (χ3n) is 4.69. The summed E-state index contributed by atoms with van der Waals surface area (Å²) in [6.45, 7) is 7.57. The monoisotopic (exact) mass is 432 g/mol. The lowest BCUT2D eigenvalue weighted by Crippen LogP contribution is -2.57. The van der Waals surface area contributed by atoms with E-state index in [1.165, 1.54) is 0 Å². The Morgan fingerprint density at radius 3 is 2.58 bits per heavy atom. The minimum Gasteiger partial charge on any atom is -0.465 e. The zero-order valence-corrected chi connectivity index (χ0v) is 18.4. The minimum absolute atomic E-state index is 0.0334. The maximum Gasteiger partial charge on any atom is 0.307 e. The number of carbonyl (C=O) groups is 4. The molecule has 1 unspecified atom stereocenters. The van der Waals surface area contributed by atoms with Crippen LogP contribution in [0.2, 0.25) is 0 Å². The first-order valence-electron chi connectivity index (χ1n) is 10.7. The molecule has 1 aliphatic rings. The minimum atomic E-state index is -0.746. The quantitative estimate of drug-likeness (QED) is 0.478. The molecule has 1 atom stereocenters. The van der Waals surface area contributed by atoms with E-state index in [-0.39, 0.29) is 36.6 Å². The molecular weight excluding hydrogens is 400 g/mol. The Kier molecular flexibility index (Phi) is 9.45. The smallest absolute Gasteiger partial charge is 0.307 e. The molecule has 3 amide bonds. The van der Waals surface area contributed by atoms with Crippen molar-refractivity contribution in [1.29, 1.82) is 0 Å². The maximum absolute atomic E-state index is 12.5. The molecule has 2 rings (SSSR count). The number of rotatable bonds is 10. The van der Waals surface area contributed by atoms with Crippen molar-refractivity contribution >= 4 is 29.4 Å². The normalized spacial score (nSPS) is 16.5. The summed E-state index contributed by atoms with van der Waals surface area (Å²) in [5.74, 6) is -1.01. The molecule has 0 spiro atoms. The zero-order valence-electron chi connectivity index (χ0n) is 18.4. The second kappa shape index (κ2) is 12.0. The SMILES string of the molecule is CCCNC(=O)c1ccc(NC(=O)CN2CCNC(=O)C2CC(=O)OCC(C)C)cc1. The first-order valence-corrected chi connectivity index (χ1v) is 10.7. The lowest BCUT2D eigenvalue weighted by molar-refractivity contribution is -0.149. The summed E-state index contributed by atoms with van der Waals surface area (Å²) in [6, 6.07) is 5.85. The summed E-state index contributed by atoms with van der Waals surface area (Å²) in [5.41, 5.74) is 1.06. The molecule has 170 valence electrons. The average molecular weight is 433 g/mol. The van der Waals surface area contributed by atoms with Crippen molar-refractivity contribution in [2.24, 2.45) is 5.92 Å². The summed E-state index contributed by atoms with van der Waals surface area (Å²) in [5, 5.41) is 8.29. The molecule has 0 saturated carbocycles. The van der Waals surface area contributed by atoms with Crippen molar-refractivity contribution in [2.45, 2.75) is 39.7 Å². The Morgan fingerprint density at radius 2 is 1.94 bits per heavy atom. The summed E-state index contributed by atoms with van der Waals surface area (Å²) in [6.07, 6.45) is 0.748. The fraction of sp³-hybridized carbons (Fsp3) is 0.545. The first kappa shape index (κ1) is 24.3. The van der Waals surface area contributed by atoms with Crippen LogP contribution >= 0.6 is 0 Å². The van der Waals surface area contributed by atoms with E-state index in [0.29, 0.717) is 37.5 Å².